The second kappa shape index (κ2) is 9.60. The number of carbonyl (C=O) groups excluding carboxylic acids is 2. The van der Waals surface area contributed by atoms with E-state index in [1.54, 1.807) is 7.11 Å². The lowest BCUT2D eigenvalue weighted by molar-refractivity contribution is 0.00387. The maximum Gasteiger partial charge on any atom is 0.255 e. The maximum absolute atomic E-state index is 13.0. The summed E-state index contributed by atoms with van der Waals surface area (Å²) in [6, 6.07) is 12.9. The van der Waals surface area contributed by atoms with E-state index in [0.29, 0.717) is 6.54 Å². The zero-order valence-electron chi connectivity index (χ0n) is 17.3. The molecule has 8 heteroatoms. The van der Waals surface area contributed by atoms with Crippen LogP contribution in [0.2, 0.25) is 0 Å². The van der Waals surface area contributed by atoms with Gasteiger partial charge in [-0.05, 0) is 18.1 Å². The number of ether oxygens (including phenoxy) is 2. The number of nitrogen functional groups attached to an aromatic ring is 1. The molecule has 0 saturated carbocycles. The van der Waals surface area contributed by atoms with Crippen LogP contribution in [0.15, 0.2) is 42.5 Å². The van der Waals surface area contributed by atoms with E-state index in [9.17, 15) is 9.59 Å². The number of amides is 2. The first kappa shape index (κ1) is 21.6. The van der Waals surface area contributed by atoms with Crippen molar-refractivity contribution in [2.24, 2.45) is 5.73 Å². The molecule has 1 aliphatic rings. The molecule has 0 aliphatic carbocycles. The predicted octanol–water partition coefficient (Wildman–Crippen LogP) is 1.40. The van der Waals surface area contributed by atoms with Crippen molar-refractivity contribution in [3.05, 3.63) is 59.2 Å². The van der Waals surface area contributed by atoms with Gasteiger partial charge in [-0.15, -0.1) is 0 Å². The third-order valence-corrected chi connectivity index (χ3v) is 5.39. The molecule has 0 bridgehead atoms. The summed E-state index contributed by atoms with van der Waals surface area (Å²) >= 11 is 0. The Labute approximate surface area is 176 Å². The van der Waals surface area contributed by atoms with Gasteiger partial charge in [-0.25, -0.2) is 0 Å². The minimum absolute atomic E-state index is 0.0851. The van der Waals surface area contributed by atoms with Crippen LogP contribution in [-0.2, 0) is 11.3 Å². The summed E-state index contributed by atoms with van der Waals surface area (Å²) in [4.78, 5) is 26.9. The van der Waals surface area contributed by atoms with Crippen LogP contribution >= 0.6 is 0 Å². The summed E-state index contributed by atoms with van der Waals surface area (Å²) in [6.07, 6.45) is 0.568. The molecule has 1 aliphatic heterocycles. The molecule has 2 unspecified atom stereocenters. The molecule has 2 aromatic rings. The molecule has 0 spiro atoms. The first-order valence-electron chi connectivity index (χ1n) is 9.80. The van der Waals surface area contributed by atoms with Crippen molar-refractivity contribution in [3.63, 3.8) is 0 Å². The van der Waals surface area contributed by atoms with Crippen molar-refractivity contribution in [2.75, 3.05) is 33.0 Å². The molecule has 5 N–H and O–H groups in total. The molecule has 0 radical (unpaired) electrons. The number of methoxy groups -OCH3 is 2. The molecule has 1 fully saturated rings. The number of nitrogens with one attached hydrogen (secondary N) is 1. The fourth-order valence-electron chi connectivity index (χ4n) is 3.77. The first-order chi connectivity index (χ1) is 14.4. The van der Waals surface area contributed by atoms with Gasteiger partial charge < -0.3 is 26.3 Å². The van der Waals surface area contributed by atoms with Crippen molar-refractivity contribution in [3.8, 4) is 5.75 Å². The van der Waals surface area contributed by atoms with E-state index in [-0.39, 0.29) is 40.6 Å². The summed E-state index contributed by atoms with van der Waals surface area (Å²) in [5.41, 5.74) is 12.9. The molecular formula is C22H28N4O4. The monoisotopic (exact) mass is 412 g/mol. The summed E-state index contributed by atoms with van der Waals surface area (Å²) in [7, 11) is 3.08. The number of carbonyl (C=O) groups is 2. The Hall–Kier alpha value is -3.10. The molecule has 8 nitrogen and oxygen atoms in total. The maximum atomic E-state index is 13.0. The Morgan fingerprint density at radius 2 is 1.90 bits per heavy atom. The van der Waals surface area contributed by atoms with Crippen molar-refractivity contribution in [1.82, 2.24) is 10.2 Å². The second-order valence-corrected chi connectivity index (χ2v) is 7.37. The highest BCUT2D eigenvalue weighted by molar-refractivity contribution is 6.04. The summed E-state index contributed by atoms with van der Waals surface area (Å²) in [6.45, 7) is 2.35. The zero-order valence-corrected chi connectivity index (χ0v) is 17.3. The quantitative estimate of drug-likeness (QED) is 0.591. The number of benzene rings is 2. The Bertz CT molecular complexity index is 904. The number of primary amides is 1. The van der Waals surface area contributed by atoms with Gasteiger partial charge in [0.1, 0.15) is 5.75 Å². The van der Waals surface area contributed by atoms with Gasteiger partial charge in [-0.1, -0.05) is 30.3 Å². The van der Waals surface area contributed by atoms with Gasteiger partial charge in [0.2, 0.25) is 0 Å². The van der Waals surface area contributed by atoms with E-state index in [1.807, 2.05) is 18.2 Å². The van der Waals surface area contributed by atoms with E-state index >= 15 is 0 Å². The number of anilines is 1. The molecule has 3 rings (SSSR count). The number of rotatable bonds is 7. The van der Waals surface area contributed by atoms with Gasteiger partial charge in [-0.2, -0.15) is 0 Å². The Balaban J connectivity index is 1.71. The van der Waals surface area contributed by atoms with Gasteiger partial charge in [0.05, 0.1) is 30.4 Å². The summed E-state index contributed by atoms with van der Waals surface area (Å²) < 4.78 is 10.9. The van der Waals surface area contributed by atoms with E-state index in [1.165, 1.54) is 24.8 Å². The van der Waals surface area contributed by atoms with Crippen LogP contribution in [0.3, 0.4) is 0 Å². The number of piperidine rings is 1. The van der Waals surface area contributed by atoms with Crippen LogP contribution in [0.4, 0.5) is 5.69 Å². The molecule has 1 saturated heterocycles. The summed E-state index contributed by atoms with van der Waals surface area (Å²) in [5, 5.41) is 3.02. The van der Waals surface area contributed by atoms with E-state index < -0.39 is 5.91 Å². The molecule has 2 aromatic carbocycles. The number of nitrogens with two attached hydrogens (primary N) is 2. The number of hydrogen-bond donors (Lipinski definition) is 3. The molecule has 30 heavy (non-hydrogen) atoms. The third-order valence-electron chi connectivity index (χ3n) is 5.39. The molecule has 2 atom stereocenters. The molecular weight excluding hydrogens is 384 g/mol. The molecule has 1 heterocycles. The third kappa shape index (κ3) is 4.90. The fourth-order valence-corrected chi connectivity index (χ4v) is 3.77. The molecule has 160 valence electrons. The lowest BCUT2D eigenvalue weighted by atomic mass is 9.99. The number of nitrogens with zero attached hydrogens (tertiary/aromatic N) is 1. The average molecular weight is 412 g/mol. The highest BCUT2D eigenvalue weighted by atomic mass is 16.5. The Kier molecular flexibility index (Phi) is 6.91. The van der Waals surface area contributed by atoms with Crippen LogP contribution in [0, 0.1) is 0 Å². The van der Waals surface area contributed by atoms with Crippen molar-refractivity contribution >= 4 is 17.5 Å². The Morgan fingerprint density at radius 1 is 1.17 bits per heavy atom. The van der Waals surface area contributed by atoms with E-state index in [4.69, 9.17) is 20.9 Å². The normalized spacial score (nSPS) is 19.3. The van der Waals surface area contributed by atoms with Gasteiger partial charge >= 0.3 is 0 Å². The standard InChI is InChI=1S/C22H28N4O4/c1-29-19-11-17(23)15(21(24)27)10-16(19)22(28)25-18-8-9-26(13-20(18)30-2)12-14-6-4-3-5-7-14/h3-7,10-11,18,20H,8-9,12-13,23H2,1-2H3,(H2,24,27)(H,25,28). The lowest BCUT2D eigenvalue weighted by Crippen LogP contribution is -2.54. The smallest absolute Gasteiger partial charge is 0.255 e. The minimum Gasteiger partial charge on any atom is -0.496 e. The van der Waals surface area contributed by atoms with Gasteiger partial charge in [0.15, 0.2) is 0 Å². The SMILES string of the molecule is COc1cc(N)c(C(N)=O)cc1C(=O)NC1CCN(Cc2ccccc2)CC1OC. The first-order valence-corrected chi connectivity index (χ1v) is 9.80. The highest BCUT2D eigenvalue weighted by Crippen LogP contribution is 2.26. The zero-order chi connectivity index (χ0) is 21.7. The van der Waals surface area contributed by atoms with Crippen molar-refractivity contribution in [1.29, 1.82) is 0 Å². The highest BCUT2D eigenvalue weighted by Gasteiger charge is 2.31. The minimum atomic E-state index is -0.701. The predicted molar refractivity (Wildman–Crippen MR) is 114 cm³/mol. The van der Waals surface area contributed by atoms with Gasteiger partial charge in [0.25, 0.3) is 11.8 Å². The topological polar surface area (TPSA) is 120 Å². The number of hydrogen-bond acceptors (Lipinski definition) is 6. The number of likely N-dealkylation sites (tertiary alicyclic amines) is 1. The van der Waals surface area contributed by atoms with Crippen LogP contribution in [0.1, 0.15) is 32.7 Å². The average Bonchev–Trinajstić information content (AvgIpc) is 2.74. The lowest BCUT2D eigenvalue weighted by Gasteiger charge is -2.38. The van der Waals surface area contributed by atoms with Crippen LogP contribution < -0.4 is 21.5 Å². The van der Waals surface area contributed by atoms with E-state index in [2.05, 4.69) is 22.3 Å². The van der Waals surface area contributed by atoms with Crippen LogP contribution in [0.25, 0.3) is 0 Å². The van der Waals surface area contributed by atoms with Crippen LogP contribution in [0.5, 0.6) is 5.75 Å². The molecule has 2 amide bonds. The van der Waals surface area contributed by atoms with Gasteiger partial charge in [-0.3, -0.25) is 14.5 Å². The van der Waals surface area contributed by atoms with E-state index in [0.717, 1.165) is 19.5 Å². The van der Waals surface area contributed by atoms with Crippen LogP contribution in [-0.4, -0.2) is 56.2 Å². The Morgan fingerprint density at radius 3 is 2.53 bits per heavy atom. The van der Waals surface area contributed by atoms with Crippen molar-refractivity contribution in [2.45, 2.75) is 25.1 Å². The largest absolute Gasteiger partial charge is 0.496 e. The van der Waals surface area contributed by atoms with Gasteiger partial charge in [0, 0.05) is 38.5 Å². The molecule has 0 aromatic heterocycles. The fraction of sp³-hybridized carbons (Fsp3) is 0.364. The second-order valence-electron chi connectivity index (χ2n) is 7.37. The summed E-state index contributed by atoms with van der Waals surface area (Å²) in [5.74, 6) is -0.781. The van der Waals surface area contributed by atoms with Crippen molar-refractivity contribution < 1.29 is 19.1 Å².